The molecule has 0 unspecified atom stereocenters. The second kappa shape index (κ2) is 4.01. The molecule has 2 heterocycles. The molecule has 0 aliphatic carbocycles. The highest BCUT2D eigenvalue weighted by Gasteiger charge is 2.40. The van der Waals surface area contributed by atoms with Gasteiger partial charge in [-0.1, -0.05) is 6.07 Å². The minimum absolute atomic E-state index is 0.0203. The second-order valence-electron chi connectivity index (χ2n) is 4.52. The molecule has 4 heteroatoms. The summed E-state index contributed by atoms with van der Waals surface area (Å²) in [5, 5.41) is 1.88. The largest absolute Gasteiger partial charge is 0.326 e. The molecule has 1 aromatic heterocycles. The molecule has 1 saturated heterocycles. The molecule has 86 valence electrons. The molecule has 0 N–H and O–H groups in total. The maximum atomic E-state index is 12.2. The molecule has 16 heavy (non-hydrogen) atoms. The summed E-state index contributed by atoms with van der Waals surface area (Å²) in [4.78, 5) is 26.4. The van der Waals surface area contributed by atoms with Crippen molar-refractivity contribution in [3.05, 3.63) is 22.4 Å². The van der Waals surface area contributed by atoms with Gasteiger partial charge in [-0.25, -0.2) is 0 Å². The number of likely N-dealkylation sites (tertiary alicyclic amines) is 1. The molecule has 1 aromatic rings. The highest BCUT2D eigenvalue weighted by molar-refractivity contribution is 7.12. The van der Waals surface area contributed by atoms with Crippen LogP contribution in [0.3, 0.4) is 0 Å². The fourth-order valence-corrected chi connectivity index (χ4v) is 2.69. The van der Waals surface area contributed by atoms with Crippen molar-refractivity contribution in [3.8, 4) is 0 Å². The van der Waals surface area contributed by atoms with Crippen LogP contribution in [0.15, 0.2) is 17.5 Å². The first-order chi connectivity index (χ1) is 7.53. The Labute approximate surface area is 99.1 Å². The van der Waals surface area contributed by atoms with Crippen LogP contribution < -0.4 is 0 Å². The summed E-state index contributed by atoms with van der Waals surface area (Å²) in [5.41, 5.74) is -0.653. The van der Waals surface area contributed by atoms with Crippen molar-refractivity contribution in [2.75, 3.05) is 6.54 Å². The van der Waals surface area contributed by atoms with Gasteiger partial charge in [-0.2, -0.15) is 0 Å². The summed E-state index contributed by atoms with van der Waals surface area (Å²) in [6, 6.07) is 3.67. The lowest BCUT2D eigenvalue weighted by Gasteiger charge is -2.40. The SMILES string of the molecule is CC1(C)C(=O)CCCN1C(=O)c1cccs1. The smallest absolute Gasteiger partial charge is 0.264 e. The van der Waals surface area contributed by atoms with E-state index in [2.05, 4.69) is 0 Å². The van der Waals surface area contributed by atoms with Crippen molar-refractivity contribution in [2.45, 2.75) is 32.2 Å². The van der Waals surface area contributed by atoms with E-state index in [0.29, 0.717) is 17.8 Å². The molecule has 1 fully saturated rings. The van der Waals surface area contributed by atoms with Crippen LogP contribution in [0.4, 0.5) is 0 Å². The zero-order valence-electron chi connectivity index (χ0n) is 9.53. The molecular formula is C12H15NO2S. The Morgan fingerprint density at radius 2 is 2.25 bits per heavy atom. The van der Waals surface area contributed by atoms with Gasteiger partial charge in [0.15, 0.2) is 5.78 Å². The molecule has 0 bridgehead atoms. The molecule has 2 rings (SSSR count). The summed E-state index contributed by atoms with van der Waals surface area (Å²) in [7, 11) is 0. The standard InChI is InChI=1S/C12H15NO2S/c1-12(2)10(14)6-3-7-13(12)11(15)9-5-4-8-16-9/h4-5,8H,3,6-7H2,1-2H3. The first-order valence-corrected chi connectivity index (χ1v) is 6.30. The number of carbonyl (C=O) groups excluding carboxylic acids is 2. The summed E-state index contributed by atoms with van der Waals surface area (Å²) < 4.78 is 0. The molecule has 3 nitrogen and oxygen atoms in total. The third kappa shape index (κ3) is 1.78. The molecule has 1 amide bonds. The minimum Gasteiger partial charge on any atom is -0.326 e. The number of thiophene rings is 1. The predicted molar refractivity (Wildman–Crippen MR) is 63.7 cm³/mol. The van der Waals surface area contributed by atoms with Crippen LogP contribution in [0.5, 0.6) is 0 Å². The maximum absolute atomic E-state index is 12.2. The molecule has 0 spiro atoms. The Kier molecular flexibility index (Phi) is 2.84. The number of rotatable bonds is 1. The summed E-state index contributed by atoms with van der Waals surface area (Å²) in [6.45, 7) is 4.34. The maximum Gasteiger partial charge on any atom is 0.264 e. The number of hydrogen-bond donors (Lipinski definition) is 0. The van der Waals surface area contributed by atoms with Crippen LogP contribution in [0.25, 0.3) is 0 Å². The van der Waals surface area contributed by atoms with Crippen LogP contribution in [-0.2, 0) is 4.79 Å². The number of piperidine rings is 1. The number of amides is 1. The number of carbonyl (C=O) groups is 2. The Morgan fingerprint density at radius 1 is 1.50 bits per heavy atom. The molecule has 0 aromatic carbocycles. The van der Waals surface area contributed by atoms with Gasteiger partial charge < -0.3 is 4.90 Å². The van der Waals surface area contributed by atoms with Crippen molar-refractivity contribution in [1.82, 2.24) is 4.90 Å². The van der Waals surface area contributed by atoms with Crippen LogP contribution in [-0.4, -0.2) is 28.7 Å². The Balaban J connectivity index is 2.26. The third-order valence-corrected chi connectivity index (χ3v) is 3.98. The fourth-order valence-electron chi connectivity index (χ4n) is 2.02. The van der Waals surface area contributed by atoms with Crippen LogP contribution in [0.2, 0.25) is 0 Å². The first kappa shape index (κ1) is 11.3. The van der Waals surface area contributed by atoms with E-state index < -0.39 is 5.54 Å². The van der Waals surface area contributed by atoms with Gasteiger partial charge in [0.25, 0.3) is 5.91 Å². The summed E-state index contributed by atoms with van der Waals surface area (Å²) in [6.07, 6.45) is 1.36. The van der Waals surface area contributed by atoms with Crippen LogP contribution >= 0.6 is 11.3 Å². The van der Waals surface area contributed by atoms with Gasteiger partial charge in [0, 0.05) is 13.0 Å². The molecule has 0 atom stereocenters. The Morgan fingerprint density at radius 3 is 2.88 bits per heavy atom. The van der Waals surface area contributed by atoms with Gasteiger partial charge in [-0.15, -0.1) is 11.3 Å². The molecule has 0 saturated carbocycles. The van der Waals surface area contributed by atoms with Crippen molar-refractivity contribution >= 4 is 23.0 Å². The lowest BCUT2D eigenvalue weighted by molar-refractivity contribution is -0.130. The van der Waals surface area contributed by atoms with E-state index in [0.717, 1.165) is 6.42 Å². The lowest BCUT2D eigenvalue weighted by atomic mass is 9.89. The molecule has 1 aliphatic heterocycles. The molecule has 1 aliphatic rings. The van der Waals surface area contributed by atoms with Gasteiger partial charge in [0.2, 0.25) is 0 Å². The highest BCUT2D eigenvalue weighted by Crippen LogP contribution is 2.27. The number of Topliss-reactive ketones (excluding diaryl/α,β-unsaturated/α-hetero) is 1. The first-order valence-electron chi connectivity index (χ1n) is 5.42. The second-order valence-corrected chi connectivity index (χ2v) is 5.47. The summed E-state index contributed by atoms with van der Waals surface area (Å²) >= 11 is 1.42. The van der Waals surface area contributed by atoms with Gasteiger partial charge in [-0.05, 0) is 31.7 Å². The van der Waals surface area contributed by atoms with E-state index in [-0.39, 0.29) is 11.7 Å². The average molecular weight is 237 g/mol. The topological polar surface area (TPSA) is 37.4 Å². The number of nitrogens with zero attached hydrogens (tertiary/aromatic N) is 1. The van der Waals surface area contributed by atoms with Crippen molar-refractivity contribution < 1.29 is 9.59 Å². The van der Waals surface area contributed by atoms with Crippen LogP contribution in [0.1, 0.15) is 36.4 Å². The van der Waals surface area contributed by atoms with E-state index in [1.54, 1.807) is 4.90 Å². The third-order valence-electron chi connectivity index (χ3n) is 3.12. The predicted octanol–water partition coefficient (Wildman–Crippen LogP) is 2.33. The van der Waals surface area contributed by atoms with Crippen molar-refractivity contribution in [3.63, 3.8) is 0 Å². The highest BCUT2D eigenvalue weighted by atomic mass is 32.1. The quantitative estimate of drug-likeness (QED) is 0.751. The lowest BCUT2D eigenvalue weighted by Crippen LogP contribution is -2.56. The van der Waals surface area contributed by atoms with Gasteiger partial charge in [0.05, 0.1) is 10.4 Å². The zero-order valence-corrected chi connectivity index (χ0v) is 10.3. The normalized spacial score (nSPS) is 19.9. The van der Waals surface area contributed by atoms with Gasteiger partial charge in [0.1, 0.15) is 0 Å². The van der Waals surface area contributed by atoms with E-state index in [4.69, 9.17) is 0 Å². The monoisotopic (exact) mass is 237 g/mol. The van der Waals surface area contributed by atoms with Crippen molar-refractivity contribution in [1.29, 1.82) is 0 Å². The molecule has 0 radical (unpaired) electrons. The fraction of sp³-hybridized carbons (Fsp3) is 0.500. The van der Waals surface area contributed by atoms with Crippen molar-refractivity contribution in [2.24, 2.45) is 0 Å². The Bertz CT molecular complexity index is 409. The molecular weight excluding hydrogens is 222 g/mol. The van der Waals surface area contributed by atoms with E-state index >= 15 is 0 Å². The zero-order chi connectivity index (χ0) is 11.8. The Hall–Kier alpha value is -1.16. The number of hydrogen-bond acceptors (Lipinski definition) is 3. The van der Waals surface area contributed by atoms with E-state index in [1.165, 1.54) is 11.3 Å². The van der Waals surface area contributed by atoms with E-state index in [9.17, 15) is 9.59 Å². The van der Waals surface area contributed by atoms with Crippen LogP contribution in [0, 0.1) is 0 Å². The van der Waals surface area contributed by atoms with E-state index in [1.807, 2.05) is 31.4 Å². The number of ketones is 1. The van der Waals surface area contributed by atoms with Gasteiger partial charge >= 0.3 is 0 Å². The van der Waals surface area contributed by atoms with Gasteiger partial charge in [-0.3, -0.25) is 9.59 Å². The minimum atomic E-state index is -0.653. The summed E-state index contributed by atoms with van der Waals surface area (Å²) in [5.74, 6) is 0.136. The average Bonchev–Trinajstić information content (AvgIpc) is 2.74.